The molecule has 14 heavy (non-hydrogen) atoms. The predicted octanol–water partition coefficient (Wildman–Crippen LogP) is 2.47. The molecule has 0 heterocycles. The number of carbonyl (C=O) groups excluding carboxylic acids is 1. The number of halogens is 1. The molecule has 3 nitrogen and oxygen atoms in total. The number of nitrogen functional groups attached to an aromatic ring is 1. The summed E-state index contributed by atoms with van der Waals surface area (Å²) >= 11 is 2.10. The number of anilines is 1. The Morgan fingerprint density at radius 2 is 2.21 bits per heavy atom. The summed E-state index contributed by atoms with van der Waals surface area (Å²) in [5.41, 5.74) is 6.82. The second-order valence-electron chi connectivity index (χ2n) is 2.83. The summed E-state index contributed by atoms with van der Waals surface area (Å²) in [6.45, 7) is 3.88. The van der Waals surface area contributed by atoms with E-state index in [4.69, 9.17) is 10.5 Å². The minimum atomic E-state index is -0.0230. The highest BCUT2D eigenvalue weighted by atomic mass is 127. The van der Waals surface area contributed by atoms with Crippen LogP contribution in [0.2, 0.25) is 0 Å². The van der Waals surface area contributed by atoms with E-state index in [1.807, 2.05) is 13.0 Å². The summed E-state index contributed by atoms with van der Waals surface area (Å²) in [6, 6.07) is 3.56. The van der Waals surface area contributed by atoms with Gasteiger partial charge >= 0.3 is 0 Å². The second kappa shape index (κ2) is 4.63. The van der Waals surface area contributed by atoms with Crippen molar-refractivity contribution in [3.8, 4) is 5.75 Å². The van der Waals surface area contributed by atoms with Crippen LogP contribution in [0.15, 0.2) is 12.1 Å². The fraction of sp³-hybridized carbons (Fsp3) is 0.300. The Kier molecular flexibility index (Phi) is 3.74. The maximum atomic E-state index is 11.4. The minimum Gasteiger partial charge on any atom is -0.491 e. The lowest BCUT2D eigenvalue weighted by atomic mass is 10.1. The van der Waals surface area contributed by atoms with E-state index < -0.39 is 0 Å². The molecule has 0 spiro atoms. The summed E-state index contributed by atoms with van der Waals surface area (Å²) < 4.78 is 6.23. The Hall–Kier alpha value is -0.780. The predicted molar refractivity (Wildman–Crippen MR) is 64.7 cm³/mol. The zero-order valence-corrected chi connectivity index (χ0v) is 10.3. The topological polar surface area (TPSA) is 52.3 Å². The first-order valence-electron chi connectivity index (χ1n) is 4.29. The van der Waals surface area contributed by atoms with Gasteiger partial charge in [-0.2, -0.15) is 0 Å². The molecular formula is C10H12INO2. The molecular weight excluding hydrogens is 293 g/mol. The fourth-order valence-electron chi connectivity index (χ4n) is 1.20. The average Bonchev–Trinajstić information content (AvgIpc) is 2.11. The van der Waals surface area contributed by atoms with Crippen LogP contribution in [0.5, 0.6) is 5.75 Å². The van der Waals surface area contributed by atoms with Crippen molar-refractivity contribution in [2.24, 2.45) is 0 Å². The lowest BCUT2D eigenvalue weighted by molar-refractivity contribution is 0.101. The first-order chi connectivity index (χ1) is 6.57. The zero-order chi connectivity index (χ0) is 10.7. The van der Waals surface area contributed by atoms with Gasteiger partial charge in [-0.05, 0) is 48.6 Å². The van der Waals surface area contributed by atoms with Crippen molar-refractivity contribution in [3.63, 3.8) is 0 Å². The smallest absolute Gasteiger partial charge is 0.164 e. The number of hydrogen-bond donors (Lipinski definition) is 1. The van der Waals surface area contributed by atoms with Gasteiger partial charge in [-0.25, -0.2) is 0 Å². The zero-order valence-electron chi connectivity index (χ0n) is 8.13. The Labute approximate surface area is 96.8 Å². The normalized spacial score (nSPS) is 9.93. The van der Waals surface area contributed by atoms with Crippen LogP contribution in [0.1, 0.15) is 24.2 Å². The number of ketones is 1. The summed E-state index contributed by atoms with van der Waals surface area (Å²) in [4.78, 5) is 11.4. The van der Waals surface area contributed by atoms with Crippen LogP contribution in [0.25, 0.3) is 0 Å². The number of carbonyl (C=O) groups is 1. The Bertz CT molecular complexity index is 363. The number of benzene rings is 1. The molecule has 76 valence electrons. The molecule has 0 aliphatic heterocycles. The standard InChI is InChI=1S/C10H12INO2/c1-3-14-10-8(12)5-4-7(11)9(10)6(2)13/h4-5H,3,12H2,1-2H3. The third-order valence-electron chi connectivity index (χ3n) is 1.78. The van der Waals surface area contributed by atoms with E-state index in [2.05, 4.69) is 22.6 Å². The molecule has 0 aromatic heterocycles. The second-order valence-corrected chi connectivity index (χ2v) is 3.99. The van der Waals surface area contributed by atoms with Gasteiger partial charge in [0.05, 0.1) is 17.9 Å². The molecule has 0 saturated heterocycles. The van der Waals surface area contributed by atoms with Crippen LogP contribution in [-0.2, 0) is 0 Å². The van der Waals surface area contributed by atoms with E-state index in [9.17, 15) is 4.79 Å². The molecule has 0 bridgehead atoms. The van der Waals surface area contributed by atoms with E-state index in [0.717, 1.165) is 3.57 Å². The molecule has 0 fully saturated rings. The third kappa shape index (κ3) is 2.17. The first kappa shape index (κ1) is 11.3. The monoisotopic (exact) mass is 305 g/mol. The van der Waals surface area contributed by atoms with Crippen molar-refractivity contribution >= 4 is 34.1 Å². The number of rotatable bonds is 3. The van der Waals surface area contributed by atoms with Crippen molar-refractivity contribution < 1.29 is 9.53 Å². The van der Waals surface area contributed by atoms with Gasteiger partial charge in [0.2, 0.25) is 0 Å². The molecule has 0 aliphatic carbocycles. The molecule has 0 atom stereocenters. The molecule has 0 saturated carbocycles. The van der Waals surface area contributed by atoms with Crippen molar-refractivity contribution in [1.29, 1.82) is 0 Å². The molecule has 0 unspecified atom stereocenters. The summed E-state index contributed by atoms with van der Waals surface area (Å²) in [5, 5.41) is 0. The molecule has 2 N–H and O–H groups in total. The van der Waals surface area contributed by atoms with Gasteiger partial charge in [0, 0.05) is 3.57 Å². The average molecular weight is 305 g/mol. The lowest BCUT2D eigenvalue weighted by Crippen LogP contribution is -2.06. The highest BCUT2D eigenvalue weighted by Gasteiger charge is 2.15. The highest BCUT2D eigenvalue weighted by molar-refractivity contribution is 14.1. The van der Waals surface area contributed by atoms with Crippen molar-refractivity contribution in [1.82, 2.24) is 0 Å². The summed E-state index contributed by atoms with van der Waals surface area (Å²) in [6.07, 6.45) is 0. The van der Waals surface area contributed by atoms with E-state index in [1.165, 1.54) is 6.92 Å². The number of hydrogen-bond acceptors (Lipinski definition) is 3. The van der Waals surface area contributed by atoms with Crippen LogP contribution in [0.4, 0.5) is 5.69 Å². The van der Waals surface area contributed by atoms with Crippen molar-refractivity contribution in [2.45, 2.75) is 13.8 Å². The maximum Gasteiger partial charge on any atom is 0.164 e. The summed E-state index contributed by atoms with van der Waals surface area (Å²) in [7, 11) is 0. The fourth-order valence-corrected chi connectivity index (χ4v) is 2.01. The van der Waals surface area contributed by atoms with Crippen molar-refractivity contribution in [3.05, 3.63) is 21.3 Å². The molecule has 0 amide bonds. The number of nitrogens with two attached hydrogens (primary N) is 1. The van der Waals surface area contributed by atoms with E-state index in [-0.39, 0.29) is 5.78 Å². The van der Waals surface area contributed by atoms with Crippen LogP contribution in [-0.4, -0.2) is 12.4 Å². The Morgan fingerprint density at radius 1 is 1.57 bits per heavy atom. The van der Waals surface area contributed by atoms with Gasteiger partial charge in [0.25, 0.3) is 0 Å². The van der Waals surface area contributed by atoms with Crippen LogP contribution < -0.4 is 10.5 Å². The quantitative estimate of drug-likeness (QED) is 0.530. The van der Waals surface area contributed by atoms with E-state index in [0.29, 0.717) is 23.6 Å². The maximum absolute atomic E-state index is 11.4. The van der Waals surface area contributed by atoms with Crippen LogP contribution in [0, 0.1) is 3.57 Å². The molecule has 0 aliphatic rings. The molecule has 1 aromatic rings. The molecule has 0 radical (unpaired) electrons. The SMILES string of the molecule is CCOc1c(N)ccc(I)c1C(C)=O. The third-order valence-corrected chi connectivity index (χ3v) is 2.68. The molecule has 4 heteroatoms. The molecule has 1 rings (SSSR count). The lowest BCUT2D eigenvalue weighted by Gasteiger charge is -2.12. The van der Waals surface area contributed by atoms with E-state index >= 15 is 0 Å². The van der Waals surface area contributed by atoms with Gasteiger partial charge in [-0.15, -0.1) is 0 Å². The van der Waals surface area contributed by atoms with Gasteiger partial charge in [-0.3, -0.25) is 4.79 Å². The Morgan fingerprint density at radius 3 is 2.71 bits per heavy atom. The molecule has 1 aromatic carbocycles. The van der Waals surface area contributed by atoms with Crippen LogP contribution >= 0.6 is 22.6 Å². The van der Waals surface area contributed by atoms with Crippen LogP contribution in [0.3, 0.4) is 0 Å². The van der Waals surface area contributed by atoms with Crippen molar-refractivity contribution in [2.75, 3.05) is 12.3 Å². The number of Topliss-reactive ketones (excluding diaryl/α,β-unsaturated/α-hetero) is 1. The van der Waals surface area contributed by atoms with Gasteiger partial charge in [0.1, 0.15) is 0 Å². The number of ether oxygens (including phenoxy) is 1. The highest BCUT2D eigenvalue weighted by Crippen LogP contribution is 2.30. The van der Waals surface area contributed by atoms with Gasteiger partial charge < -0.3 is 10.5 Å². The van der Waals surface area contributed by atoms with E-state index in [1.54, 1.807) is 6.07 Å². The first-order valence-corrected chi connectivity index (χ1v) is 5.37. The van der Waals surface area contributed by atoms with Gasteiger partial charge in [0.15, 0.2) is 11.5 Å². The Balaban J connectivity index is 3.33. The minimum absolute atomic E-state index is 0.0230. The largest absolute Gasteiger partial charge is 0.491 e. The summed E-state index contributed by atoms with van der Waals surface area (Å²) in [5.74, 6) is 0.483. The van der Waals surface area contributed by atoms with Gasteiger partial charge in [-0.1, -0.05) is 0 Å².